The van der Waals surface area contributed by atoms with E-state index in [-0.39, 0.29) is 5.82 Å². The van der Waals surface area contributed by atoms with Gasteiger partial charge < -0.3 is 5.11 Å². The van der Waals surface area contributed by atoms with Gasteiger partial charge in [0.25, 0.3) is 0 Å². The van der Waals surface area contributed by atoms with Crippen LogP contribution >= 0.6 is 0 Å². The Morgan fingerprint density at radius 1 is 1.38 bits per heavy atom. The molecule has 0 aliphatic heterocycles. The van der Waals surface area contributed by atoms with Gasteiger partial charge in [0.1, 0.15) is 5.82 Å². The molecule has 0 radical (unpaired) electrons. The molecule has 1 fully saturated rings. The van der Waals surface area contributed by atoms with Crippen molar-refractivity contribution in [2.24, 2.45) is 11.8 Å². The van der Waals surface area contributed by atoms with E-state index in [4.69, 9.17) is 0 Å². The molecule has 2 heteroatoms. The van der Waals surface area contributed by atoms with Crippen LogP contribution in [0.25, 0.3) is 0 Å². The van der Waals surface area contributed by atoms with E-state index >= 15 is 0 Å². The first-order chi connectivity index (χ1) is 7.50. The summed E-state index contributed by atoms with van der Waals surface area (Å²) in [6.45, 7) is 4.35. The summed E-state index contributed by atoms with van der Waals surface area (Å²) in [6, 6.07) is 6.72. The lowest BCUT2D eigenvalue weighted by atomic mass is 9.64. The highest BCUT2D eigenvalue weighted by Gasteiger charge is 2.43. The molecule has 1 aromatic rings. The van der Waals surface area contributed by atoms with Crippen LogP contribution in [0.1, 0.15) is 32.3 Å². The van der Waals surface area contributed by atoms with E-state index in [0.717, 1.165) is 12.8 Å². The first-order valence-corrected chi connectivity index (χ1v) is 5.96. The summed E-state index contributed by atoms with van der Waals surface area (Å²) in [5.74, 6) is 1.00. The molecule has 88 valence electrons. The Hall–Kier alpha value is -0.890. The topological polar surface area (TPSA) is 20.2 Å². The molecule has 0 atom stereocenters. The van der Waals surface area contributed by atoms with Gasteiger partial charge in [-0.15, -0.1) is 0 Å². The third-order valence-electron chi connectivity index (χ3n) is 3.70. The van der Waals surface area contributed by atoms with E-state index in [1.54, 1.807) is 12.1 Å². The van der Waals surface area contributed by atoms with Gasteiger partial charge in [0.05, 0.1) is 5.60 Å². The first kappa shape index (κ1) is 11.6. The monoisotopic (exact) mass is 222 g/mol. The molecule has 0 heterocycles. The van der Waals surface area contributed by atoms with Crippen LogP contribution in [0.3, 0.4) is 0 Å². The van der Waals surface area contributed by atoms with E-state index in [9.17, 15) is 9.50 Å². The zero-order chi connectivity index (χ0) is 11.8. The van der Waals surface area contributed by atoms with Gasteiger partial charge in [0.15, 0.2) is 0 Å². The number of aliphatic hydroxyl groups is 1. The maximum Gasteiger partial charge on any atom is 0.126 e. The summed E-state index contributed by atoms with van der Waals surface area (Å²) in [6.07, 6.45) is 2.06. The van der Waals surface area contributed by atoms with Gasteiger partial charge in [-0.2, -0.15) is 0 Å². The van der Waals surface area contributed by atoms with Gasteiger partial charge >= 0.3 is 0 Å². The van der Waals surface area contributed by atoms with E-state index in [1.165, 1.54) is 6.07 Å². The molecule has 0 bridgehead atoms. The third kappa shape index (κ3) is 2.27. The normalized spacial score (nSPS) is 29.2. The van der Waals surface area contributed by atoms with Crippen molar-refractivity contribution in [3.05, 3.63) is 35.6 Å². The molecule has 1 N–H and O–H groups in total. The average Bonchev–Trinajstić information content (AvgIpc) is 2.17. The molecule has 0 spiro atoms. The molecule has 16 heavy (non-hydrogen) atoms. The fourth-order valence-corrected chi connectivity index (χ4v) is 2.53. The van der Waals surface area contributed by atoms with Gasteiger partial charge in [0, 0.05) is 6.42 Å². The molecule has 1 aliphatic rings. The van der Waals surface area contributed by atoms with E-state index in [0.29, 0.717) is 23.8 Å². The highest BCUT2D eigenvalue weighted by Crippen LogP contribution is 2.44. The SMILES string of the molecule is CC(C)C1CC(O)(Cc2ccccc2F)C1. The van der Waals surface area contributed by atoms with Crippen LogP contribution in [-0.2, 0) is 6.42 Å². The Balaban J connectivity index is 1.99. The van der Waals surface area contributed by atoms with Crippen molar-refractivity contribution in [2.75, 3.05) is 0 Å². The van der Waals surface area contributed by atoms with Crippen molar-refractivity contribution in [1.82, 2.24) is 0 Å². The molecule has 1 aromatic carbocycles. The lowest BCUT2D eigenvalue weighted by Crippen LogP contribution is -2.47. The minimum Gasteiger partial charge on any atom is -0.390 e. The molecule has 1 saturated carbocycles. The Morgan fingerprint density at radius 3 is 2.56 bits per heavy atom. The van der Waals surface area contributed by atoms with Crippen LogP contribution in [-0.4, -0.2) is 10.7 Å². The minimum atomic E-state index is -0.670. The van der Waals surface area contributed by atoms with Gasteiger partial charge in [-0.1, -0.05) is 32.0 Å². The summed E-state index contributed by atoms with van der Waals surface area (Å²) in [5, 5.41) is 10.2. The molecule has 0 saturated heterocycles. The zero-order valence-corrected chi connectivity index (χ0v) is 9.91. The molecule has 2 rings (SSSR count). The zero-order valence-electron chi connectivity index (χ0n) is 9.91. The van der Waals surface area contributed by atoms with Gasteiger partial charge in [-0.05, 0) is 36.3 Å². The fraction of sp³-hybridized carbons (Fsp3) is 0.571. The lowest BCUT2D eigenvalue weighted by Gasteiger charge is -2.46. The number of hydrogen-bond donors (Lipinski definition) is 1. The molecule has 1 nitrogen and oxygen atoms in total. The second-order valence-corrected chi connectivity index (χ2v) is 5.40. The fourth-order valence-electron chi connectivity index (χ4n) is 2.53. The van der Waals surface area contributed by atoms with Crippen molar-refractivity contribution < 1.29 is 9.50 Å². The first-order valence-electron chi connectivity index (χ1n) is 5.96. The Morgan fingerprint density at radius 2 is 2.00 bits per heavy atom. The van der Waals surface area contributed by atoms with Gasteiger partial charge in [-0.25, -0.2) is 4.39 Å². The van der Waals surface area contributed by atoms with Crippen molar-refractivity contribution in [1.29, 1.82) is 0 Å². The van der Waals surface area contributed by atoms with Crippen LogP contribution in [0.15, 0.2) is 24.3 Å². The second kappa shape index (κ2) is 4.17. The number of benzene rings is 1. The summed E-state index contributed by atoms with van der Waals surface area (Å²) >= 11 is 0. The Bertz CT molecular complexity index is 367. The quantitative estimate of drug-likeness (QED) is 0.833. The van der Waals surface area contributed by atoms with Gasteiger partial charge in [-0.3, -0.25) is 0 Å². The summed E-state index contributed by atoms with van der Waals surface area (Å²) in [4.78, 5) is 0. The van der Waals surface area contributed by atoms with Crippen LogP contribution < -0.4 is 0 Å². The van der Waals surface area contributed by atoms with E-state index in [1.807, 2.05) is 6.07 Å². The largest absolute Gasteiger partial charge is 0.390 e. The molecule has 0 amide bonds. The Labute approximate surface area is 96.3 Å². The number of hydrogen-bond acceptors (Lipinski definition) is 1. The smallest absolute Gasteiger partial charge is 0.126 e. The van der Waals surface area contributed by atoms with E-state index < -0.39 is 5.60 Å². The second-order valence-electron chi connectivity index (χ2n) is 5.40. The highest BCUT2D eigenvalue weighted by atomic mass is 19.1. The number of rotatable bonds is 3. The van der Waals surface area contributed by atoms with Crippen LogP contribution in [0.5, 0.6) is 0 Å². The molecule has 0 aromatic heterocycles. The summed E-state index contributed by atoms with van der Waals surface area (Å²) in [7, 11) is 0. The Kier molecular flexibility index (Phi) is 3.02. The standard InChI is InChI=1S/C14H19FO/c1-10(2)12-8-14(16,9-12)7-11-5-3-4-6-13(11)15/h3-6,10,12,16H,7-9H2,1-2H3. The minimum absolute atomic E-state index is 0.205. The predicted octanol–water partition coefficient (Wildman–Crippen LogP) is 3.17. The van der Waals surface area contributed by atoms with Crippen molar-refractivity contribution >= 4 is 0 Å². The highest BCUT2D eigenvalue weighted by molar-refractivity contribution is 5.20. The van der Waals surface area contributed by atoms with Crippen LogP contribution in [0, 0.1) is 17.7 Å². The van der Waals surface area contributed by atoms with E-state index in [2.05, 4.69) is 13.8 Å². The average molecular weight is 222 g/mol. The molecular weight excluding hydrogens is 203 g/mol. The summed E-state index contributed by atoms with van der Waals surface area (Å²) in [5.41, 5.74) is -0.0378. The van der Waals surface area contributed by atoms with Gasteiger partial charge in [0.2, 0.25) is 0 Å². The maximum atomic E-state index is 13.4. The summed E-state index contributed by atoms with van der Waals surface area (Å²) < 4.78 is 13.4. The number of halogens is 1. The maximum absolute atomic E-state index is 13.4. The van der Waals surface area contributed by atoms with Crippen molar-refractivity contribution in [3.63, 3.8) is 0 Å². The van der Waals surface area contributed by atoms with Crippen molar-refractivity contribution in [3.8, 4) is 0 Å². The molecule has 1 aliphatic carbocycles. The third-order valence-corrected chi connectivity index (χ3v) is 3.70. The van der Waals surface area contributed by atoms with Crippen molar-refractivity contribution in [2.45, 2.75) is 38.7 Å². The van der Waals surface area contributed by atoms with Crippen LogP contribution in [0.2, 0.25) is 0 Å². The van der Waals surface area contributed by atoms with Crippen LogP contribution in [0.4, 0.5) is 4.39 Å². The lowest BCUT2D eigenvalue weighted by molar-refractivity contribution is -0.0864. The molecular formula is C14H19FO. The predicted molar refractivity (Wildman–Crippen MR) is 62.6 cm³/mol. The molecule has 0 unspecified atom stereocenters.